The highest BCUT2D eigenvalue weighted by molar-refractivity contribution is 5.95. The SMILES string of the molecule is CC.CC(C)=CC(C)C(=O)c1nccc(-c2cccnc2)n1. The van der Waals surface area contributed by atoms with E-state index in [1.54, 1.807) is 24.7 Å². The number of carbonyl (C=O) groups excluding carboxylic acids is 1. The normalized spacial score (nSPS) is 11.0. The van der Waals surface area contributed by atoms with Gasteiger partial charge in [-0.1, -0.05) is 32.4 Å². The molecule has 0 bridgehead atoms. The van der Waals surface area contributed by atoms with Crippen LogP contribution >= 0.6 is 0 Å². The first-order valence-electron chi connectivity index (χ1n) is 7.50. The molecular weight excluding hydrogens is 274 g/mol. The van der Waals surface area contributed by atoms with Crippen LogP contribution in [0, 0.1) is 5.92 Å². The largest absolute Gasteiger partial charge is 0.290 e. The number of aromatic nitrogens is 3. The van der Waals surface area contributed by atoms with Gasteiger partial charge in [0, 0.05) is 30.1 Å². The van der Waals surface area contributed by atoms with Gasteiger partial charge in [0.15, 0.2) is 5.82 Å². The van der Waals surface area contributed by atoms with E-state index in [4.69, 9.17) is 0 Å². The van der Waals surface area contributed by atoms with Crippen LogP contribution < -0.4 is 0 Å². The average molecular weight is 297 g/mol. The smallest absolute Gasteiger partial charge is 0.206 e. The summed E-state index contributed by atoms with van der Waals surface area (Å²) in [5.74, 6) is -0.0440. The molecule has 0 saturated heterocycles. The lowest BCUT2D eigenvalue weighted by Gasteiger charge is -2.06. The van der Waals surface area contributed by atoms with E-state index in [0.717, 1.165) is 11.1 Å². The monoisotopic (exact) mass is 297 g/mol. The van der Waals surface area contributed by atoms with Crippen molar-refractivity contribution < 1.29 is 4.79 Å². The predicted octanol–water partition coefficient (Wildman–Crippen LogP) is 4.35. The number of Topliss-reactive ketones (excluding diaryl/α,β-unsaturated/α-hetero) is 1. The van der Waals surface area contributed by atoms with Gasteiger partial charge in [-0.3, -0.25) is 9.78 Å². The second-order valence-corrected chi connectivity index (χ2v) is 4.90. The topological polar surface area (TPSA) is 55.7 Å². The van der Waals surface area contributed by atoms with Crippen LogP contribution in [0.5, 0.6) is 0 Å². The fraction of sp³-hybridized carbons (Fsp3) is 0.333. The Morgan fingerprint density at radius 3 is 2.50 bits per heavy atom. The number of ketones is 1. The molecule has 1 unspecified atom stereocenters. The molecule has 2 rings (SSSR count). The van der Waals surface area contributed by atoms with E-state index in [0.29, 0.717) is 5.69 Å². The summed E-state index contributed by atoms with van der Waals surface area (Å²) in [5, 5.41) is 0. The highest BCUT2D eigenvalue weighted by atomic mass is 16.1. The molecule has 2 aromatic heterocycles. The van der Waals surface area contributed by atoms with Gasteiger partial charge in [0.05, 0.1) is 5.69 Å². The molecule has 0 aliphatic carbocycles. The number of hydrogen-bond donors (Lipinski definition) is 0. The van der Waals surface area contributed by atoms with Crippen molar-refractivity contribution in [1.82, 2.24) is 15.0 Å². The maximum absolute atomic E-state index is 12.3. The van der Waals surface area contributed by atoms with Crippen molar-refractivity contribution in [2.45, 2.75) is 34.6 Å². The van der Waals surface area contributed by atoms with Crippen molar-refractivity contribution in [3.63, 3.8) is 0 Å². The summed E-state index contributed by atoms with van der Waals surface area (Å²) in [6.07, 6.45) is 6.95. The molecule has 0 saturated carbocycles. The van der Waals surface area contributed by atoms with Crippen molar-refractivity contribution >= 4 is 5.78 Å². The van der Waals surface area contributed by atoms with Crippen LogP contribution in [0.4, 0.5) is 0 Å². The first-order valence-corrected chi connectivity index (χ1v) is 7.50. The fourth-order valence-electron chi connectivity index (χ4n) is 1.93. The Morgan fingerprint density at radius 2 is 1.91 bits per heavy atom. The van der Waals surface area contributed by atoms with E-state index in [1.807, 2.05) is 52.8 Å². The zero-order valence-corrected chi connectivity index (χ0v) is 13.9. The molecule has 2 heterocycles. The third-order valence-corrected chi connectivity index (χ3v) is 2.83. The van der Waals surface area contributed by atoms with Gasteiger partial charge in [0.2, 0.25) is 5.78 Å². The Bertz CT molecular complexity index is 632. The molecule has 0 N–H and O–H groups in total. The number of pyridine rings is 1. The Morgan fingerprint density at radius 1 is 1.18 bits per heavy atom. The summed E-state index contributed by atoms with van der Waals surface area (Å²) < 4.78 is 0. The number of nitrogens with zero attached hydrogens (tertiary/aromatic N) is 3. The van der Waals surface area contributed by atoms with Crippen LogP contribution in [0.15, 0.2) is 48.4 Å². The Labute approximate surface area is 132 Å². The molecular formula is C18H23N3O. The molecule has 22 heavy (non-hydrogen) atoms. The van der Waals surface area contributed by atoms with E-state index >= 15 is 0 Å². The lowest BCUT2D eigenvalue weighted by molar-refractivity contribution is 0.0942. The number of allylic oxidation sites excluding steroid dienone is 2. The van der Waals surface area contributed by atoms with Crippen LogP contribution in [0.25, 0.3) is 11.3 Å². The summed E-state index contributed by atoms with van der Waals surface area (Å²) in [4.78, 5) is 24.8. The van der Waals surface area contributed by atoms with Gasteiger partial charge in [-0.05, 0) is 32.0 Å². The Kier molecular flexibility index (Phi) is 7.09. The molecule has 0 aromatic carbocycles. The molecule has 0 amide bonds. The van der Waals surface area contributed by atoms with E-state index < -0.39 is 0 Å². The Hall–Kier alpha value is -2.36. The number of carbonyl (C=O) groups is 1. The zero-order chi connectivity index (χ0) is 16.5. The van der Waals surface area contributed by atoms with Crippen molar-refractivity contribution in [2.24, 2.45) is 5.92 Å². The maximum Gasteiger partial charge on any atom is 0.206 e. The lowest BCUT2D eigenvalue weighted by atomic mass is 10.0. The highest BCUT2D eigenvalue weighted by Gasteiger charge is 2.16. The highest BCUT2D eigenvalue weighted by Crippen LogP contribution is 2.16. The van der Waals surface area contributed by atoms with Crippen molar-refractivity contribution in [3.05, 3.63) is 54.3 Å². The van der Waals surface area contributed by atoms with Gasteiger partial charge < -0.3 is 0 Å². The van der Waals surface area contributed by atoms with Crippen LogP contribution in [0.3, 0.4) is 0 Å². The first kappa shape index (κ1) is 17.7. The van der Waals surface area contributed by atoms with E-state index in [1.165, 1.54) is 0 Å². The van der Waals surface area contributed by atoms with Crippen molar-refractivity contribution in [3.8, 4) is 11.3 Å². The molecule has 4 heteroatoms. The first-order chi connectivity index (χ1) is 10.6. The summed E-state index contributed by atoms with van der Waals surface area (Å²) in [6, 6.07) is 5.52. The molecule has 0 radical (unpaired) electrons. The van der Waals surface area contributed by atoms with Gasteiger partial charge in [0.1, 0.15) is 0 Å². The molecule has 0 aliphatic heterocycles. The fourth-order valence-corrected chi connectivity index (χ4v) is 1.93. The number of rotatable bonds is 4. The molecule has 1 atom stereocenters. The van der Waals surface area contributed by atoms with E-state index in [-0.39, 0.29) is 17.5 Å². The van der Waals surface area contributed by atoms with E-state index in [2.05, 4.69) is 15.0 Å². The minimum Gasteiger partial charge on any atom is -0.290 e. The molecule has 0 spiro atoms. The molecule has 4 nitrogen and oxygen atoms in total. The molecule has 2 aromatic rings. The summed E-state index contributed by atoms with van der Waals surface area (Å²) in [5.41, 5.74) is 2.69. The standard InChI is InChI=1S/C16H17N3O.C2H6/c1-11(2)9-12(3)15(20)16-18-8-6-14(19-16)13-5-4-7-17-10-13;1-2/h4-10,12H,1-3H3;1-2H3. The predicted molar refractivity (Wildman–Crippen MR) is 89.5 cm³/mol. The lowest BCUT2D eigenvalue weighted by Crippen LogP contribution is -2.13. The van der Waals surface area contributed by atoms with Crippen molar-refractivity contribution in [2.75, 3.05) is 0 Å². The van der Waals surface area contributed by atoms with Gasteiger partial charge in [-0.2, -0.15) is 0 Å². The quantitative estimate of drug-likeness (QED) is 0.622. The van der Waals surface area contributed by atoms with Gasteiger partial charge in [-0.25, -0.2) is 9.97 Å². The van der Waals surface area contributed by atoms with Crippen LogP contribution in [0.2, 0.25) is 0 Å². The third kappa shape index (κ3) is 4.88. The summed E-state index contributed by atoms with van der Waals surface area (Å²) in [6.45, 7) is 9.79. The van der Waals surface area contributed by atoms with Crippen molar-refractivity contribution in [1.29, 1.82) is 0 Å². The van der Waals surface area contributed by atoms with Gasteiger partial charge in [-0.15, -0.1) is 0 Å². The van der Waals surface area contributed by atoms with Crippen LogP contribution in [-0.4, -0.2) is 20.7 Å². The second kappa shape index (κ2) is 8.82. The van der Waals surface area contributed by atoms with Crippen LogP contribution in [0.1, 0.15) is 45.2 Å². The zero-order valence-electron chi connectivity index (χ0n) is 13.9. The molecule has 0 fully saturated rings. The van der Waals surface area contributed by atoms with E-state index in [9.17, 15) is 4.79 Å². The Balaban J connectivity index is 0.00000116. The number of hydrogen-bond acceptors (Lipinski definition) is 4. The third-order valence-electron chi connectivity index (χ3n) is 2.83. The van der Waals surface area contributed by atoms with Crippen LogP contribution in [-0.2, 0) is 0 Å². The molecule has 0 aliphatic rings. The summed E-state index contributed by atoms with van der Waals surface area (Å²) in [7, 11) is 0. The summed E-state index contributed by atoms with van der Waals surface area (Å²) >= 11 is 0. The van der Waals surface area contributed by atoms with Gasteiger partial charge in [0.25, 0.3) is 0 Å². The average Bonchev–Trinajstić information content (AvgIpc) is 2.56. The maximum atomic E-state index is 12.3. The minimum atomic E-state index is -0.218. The van der Waals surface area contributed by atoms with Gasteiger partial charge >= 0.3 is 0 Å². The second-order valence-electron chi connectivity index (χ2n) is 4.90. The minimum absolute atomic E-state index is 0.0723. The molecule has 116 valence electrons.